The average molecular weight is 340 g/mol. The van der Waals surface area contributed by atoms with Crippen LogP contribution in [0.5, 0.6) is 0 Å². The van der Waals surface area contributed by atoms with Gasteiger partial charge in [-0.25, -0.2) is 4.79 Å². The third-order valence-corrected chi connectivity index (χ3v) is 5.36. The Morgan fingerprint density at radius 2 is 1.62 bits per heavy atom. The van der Waals surface area contributed by atoms with Crippen LogP contribution in [-0.2, 0) is 4.74 Å². The molecule has 0 aromatic heterocycles. The Bertz CT molecular complexity index is 390. The smallest absolute Gasteiger partial charge is 0.407 e. The molecular weight excluding hydrogens is 302 g/mol. The molecule has 0 aromatic carbocycles. The first-order chi connectivity index (χ1) is 11.2. The molecule has 140 valence electrons. The van der Waals surface area contributed by atoms with Gasteiger partial charge >= 0.3 is 6.09 Å². The molecule has 2 rings (SSSR count). The Morgan fingerprint density at radius 1 is 1.04 bits per heavy atom. The number of rotatable bonds is 4. The third kappa shape index (κ3) is 6.25. The predicted octanol–water partition coefficient (Wildman–Crippen LogP) is 3.24. The number of nitrogens with one attached hydrogen (secondary N) is 1. The van der Waals surface area contributed by atoms with E-state index in [1.54, 1.807) is 0 Å². The molecule has 2 saturated heterocycles. The molecule has 0 aromatic rings. The first kappa shape index (κ1) is 19.5. The van der Waals surface area contributed by atoms with Crippen LogP contribution in [0, 0.1) is 0 Å². The maximum atomic E-state index is 11.9. The van der Waals surface area contributed by atoms with Gasteiger partial charge in [-0.15, -0.1) is 0 Å². The number of alkyl carbamates (subject to hydrolysis) is 1. The largest absolute Gasteiger partial charge is 0.444 e. The molecule has 0 spiro atoms. The van der Waals surface area contributed by atoms with Crippen molar-refractivity contribution in [1.29, 1.82) is 0 Å². The normalized spacial score (nSPS) is 27.9. The van der Waals surface area contributed by atoms with Gasteiger partial charge in [0, 0.05) is 44.3 Å². The zero-order chi connectivity index (χ0) is 17.7. The highest BCUT2D eigenvalue weighted by molar-refractivity contribution is 5.68. The SMILES string of the molecule is CC1CCCC(C)N1CCN1CCC(NC(=O)OC(C)(C)C)CC1. The average Bonchev–Trinajstić information content (AvgIpc) is 2.46. The summed E-state index contributed by atoms with van der Waals surface area (Å²) >= 11 is 0. The second-order valence-electron chi connectivity index (χ2n) is 8.63. The summed E-state index contributed by atoms with van der Waals surface area (Å²) in [5, 5.41) is 3.02. The molecule has 0 aliphatic carbocycles. The van der Waals surface area contributed by atoms with Crippen molar-refractivity contribution in [2.24, 2.45) is 0 Å². The molecule has 2 atom stereocenters. The van der Waals surface area contributed by atoms with Crippen LogP contribution in [0.1, 0.15) is 66.7 Å². The van der Waals surface area contributed by atoms with Gasteiger partial charge in [0.2, 0.25) is 0 Å². The maximum absolute atomic E-state index is 11.9. The van der Waals surface area contributed by atoms with Crippen molar-refractivity contribution in [3.63, 3.8) is 0 Å². The number of amides is 1. The lowest BCUT2D eigenvalue weighted by molar-refractivity contribution is 0.0466. The molecule has 0 saturated carbocycles. The van der Waals surface area contributed by atoms with Crippen LogP contribution in [0.4, 0.5) is 4.79 Å². The summed E-state index contributed by atoms with van der Waals surface area (Å²) in [7, 11) is 0. The van der Waals surface area contributed by atoms with Gasteiger partial charge in [0.1, 0.15) is 5.60 Å². The summed E-state index contributed by atoms with van der Waals surface area (Å²) in [4.78, 5) is 17.1. The fourth-order valence-electron chi connectivity index (χ4n) is 3.95. The van der Waals surface area contributed by atoms with Crippen LogP contribution in [0.3, 0.4) is 0 Å². The van der Waals surface area contributed by atoms with Gasteiger partial charge in [-0.05, 0) is 60.3 Å². The lowest BCUT2D eigenvalue weighted by Gasteiger charge is -2.41. The van der Waals surface area contributed by atoms with E-state index in [9.17, 15) is 4.79 Å². The number of carbonyl (C=O) groups excluding carboxylic acids is 1. The van der Waals surface area contributed by atoms with E-state index in [0.717, 1.165) is 44.6 Å². The highest BCUT2D eigenvalue weighted by Gasteiger charge is 2.27. The van der Waals surface area contributed by atoms with Gasteiger partial charge in [0.25, 0.3) is 0 Å². The lowest BCUT2D eigenvalue weighted by atomic mass is 9.97. The van der Waals surface area contributed by atoms with Crippen LogP contribution in [0.2, 0.25) is 0 Å². The van der Waals surface area contributed by atoms with Crippen LogP contribution < -0.4 is 5.32 Å². The molecule has 24 heavy (non-hydrogen) atoms. The molecule has 2 heterocycles. The molecule has 2 aliphatic rings. The Balaban J connectivity index is 1.66. The summed E-state index contributed by atoms with van der Waals surface area (Å²) in [5.41, 5.74) is -0.424. The number of nitrogens with zero attached hydrogens (tertiary/aromatic N) is 2. The quantitative estimate of drug-likeness (QED) is 0.854. The standard InChI is InChI=1S/C19H37N3O2/c1-15-7-6-8-16(2)22(15)14-13-21-11-9-17(10-12-21)20-18(23)24-19(3,4)5/h15-17H,6-14H2,1-5H3,(H,20,23). The van der Waals surface area contributed by atoms with Crippen molar-refractivity contribution in [2.75, 3.05) is 26.2 Å². The highest BCUT2D eigenvalue weighted by Crippen LogP contribution is 2.22. The fraction of sp³-hybridized carbons (Fsp3) is 0.947. The zero-order valence-electron chi connectivity index (χ0n) is 16.3. The molecule has 0 radical (unpaired) electrons. The van der Waals surface area contributed by atoms with Gasteiger partial charge in [0.05, 0.1) is 0 Å². The van der Waals surface area contributed by atoms with E-state index in [2.05, 4.69) is 29.0 Å². The summed E-state index contributed by atoms with van der Waals surface area (Å²) < 4.78 is 5.35. The van der Waals surface area contributed by atoms with E-state index in [-0.39, 0.29) is 12.1 Å². The zero-order valence-corrected chi connectivity index (χ0v) is 16.3. The summed E-state index contributed by atoms with van der Waals surface area (Å²) in [6.45, 7) is 14.9. The molecule has 1 N–H and O–H groups in total. The number of hydrogen-bond donors (Lipinski definition) is 1. The molecule has 0 bridgehead atoms. The second kappa shape index (κ2) is 8.52. The highest BCUT2D eigenvalue weighted by atomic mass is 16.6. The number of piperidine rings is 2. The minimum atomic E-state index is -0.424. The van der Waals surface area contributed by atoms with Crippen molar-refractivity contribution in [3.05, 3.63) is 0 Å². The van der Waals surface area contributed by atoms with Crippen molar-refractivity contribution in [1.82, 2.24) is 15.1 Å². The van der Waals surface area contributed by atoms with Crippen molar-refractivity contribution >= 4 is 6.09 Å². The van der Waals surface area contributed by atoms with Gasteiger partial charge < -0.3 is 15.0 Å². The monoisotopic (exact) mass is 339 g/mol. The minimum absolute atomic E-state index is 0.254. The van der Waals surface area contributed by atoms with Gasteiger partial charge in [-0.3, -0.25) is 4.90 Å². The second-order valence-corrected chi connectivity index (χ2v) is 8.63. The topological polar surface area (TPSA) is 44.8 Å². The van der Waals surface area contributed by atoms with Crippen molar-refractivity contribution in [3.8, 4) is 0 Å². The maximum Gasteiger partial charge on any atom is 0.407 e. The van der Waals surface area contributed by atoms with Crippen molar-refractivity contribution < 1.29 is 9.53 Å². The van der Waals surface area contributed by atoms with E-state index < -0.39 is 5.60 Å². The van der Waals surface area contributed by atoms with E-state index in [1.807, 2.05) is 20.8 Å². The Labute approximate surface area is 148 Å². The van der Waals surface area contributed by atoms with Crippen molar-refractivity contribution in [2.45, 2.75) is 90.4 Å². The molecule has 1 amide bonds. The number of ether oxygens (including phenoxy) is 1. The van der Waals surface area contributed by atoms with Gasteiger partial charge in [0.15, 0.2) is 0 Å². The summed E-state index contributed by atoms with van der Waals surface area (Å²) in [6, 6.07) is 1.70. The van der Waals surface area contributed by atoms with Crippen LogP contribution in [0.25, 0.3) is 0 Å². The Morgan fingerprint density at radius 3 is 2.17 bits per heavy atom. The lowest BCUT2D eigenvalue weighted by Crippen LogP contribution is -2.50. The van der Waals surface area contributed by atoms with Gasteiger partial charge in [-0.1, -0.05) is 6.42 Å². The summed E-state index contributed by atoms with van der Waals surface area (Å²) in [6.07, 6.45) is 5.81. The number of carbonyl (C=O) groups is 1. The molecule has 2 fully saturated rings. The molecule has 2 aliphatic heterocycles. The number of hydrogen-bond acceptors (Lipinski definition) is 4. The van der Waals surface area contributed by atoms with Crippen LogP contribution in [0.15, 0.2) is 0 Å². The number of likely N-dealkylation sites (tertiary alicyclic amines) is 2. The van der Waals surface area contributed by atoms with E-state index in [4.69, 9.17) is 4.74 Å². The van der Waals surface area contributed by atoms with Gasteiger partial charge in [-0.2, -0.15) is 0 Å². The molecule has 2 unspecified atom stereocenters. The Hall–Kier alpha value is -0.810. The summed E-state index contributed by atoms with van der Waals surface area (Å²) in [5.74, 6) is 0. The fourth-order valence-corrected chi connectivity index (χ4v) is 3.95. The van der Waals surface area contributed by atoms with Crippen LogP contribution in [-0.4, -0.2) is 65.8 Å². The Kier molecular flexibility index (Phi) is 6.93. The van der Waals surface area contributed by atoms with E-state index in [1.165, 1.54) is 25.8 Å². The molecule has 5 nitrogen and oxygen atoms in total. The predicted molar refractivity (Wildman–Crippen MR) is 98.3 cm³/mol. The first-order valence-corrected chi connectivity index (χ1v) is 9.72. The third-order valence-electron chi connectivity index (χ3n) is 5.36. The van der Waals surface area contributed by atoms with E-state index in [0.29, 0.717) is 0 Å². The van der Waals surface area contributed by atoms with E-state index >= 15 is 0 Å². The first-order valence-electron chi connectivity index (χ1n) is 9.72. The molecule has 5 heteroatoms. The minimum Gasteiger partial charge on any atom is -0.444 e. The van der Waals surface area contributed by atoms with Crippen LogP contribution >= 0.6 is 0 Å². The molecular formula is C19H37N3O2.